The van der Waals surface area contributed by atoms with Crippen molar-refractivity contribution in [2.24, 2.45) is 5.92 Å². The monoisotopic (exact) mass is 265 g/mol. The van der Waals surface area contributed by atoms with E-state index >= 15 is 0 Å². The normalized spacial score (nSPS) is 16.1. The van der Waals surface area contributed by atoms with Crippen LogP contribution in [0, 0.1) is 19.8 Å². The van der Waals surface area contributed by atoms with Crippen LogP contribution in [0.1, 0.15) is 41.1 Å². The first-order chi connectivity index (χ1) is 9.75. The third-order valence-corrected chi connectivity index (χ3v) is 4.40. The topological polar surface area (TPSA) is 12.0 Å². The van der Waals surface area contributed by atoms with Crippen LogP contribution in [0.3, 0.4) is 0 Å². The van der Waals surface area contributed by atoms with E-state index < -0.39 is 0 Å². The molecule has 2 aromatic carbocycles. The van der Waals surface area contributed by atoms with Gasteiger partial charge in [-0.15, -0.1) is 0 Å². The Bertz CT molecular complexity index is 549. The van der Waals surface area contributed by atoms with E-state index in [2.05, 4.69) is 67.7 Å². The van der Waals surface area contributed by atoms with Gasteiger partial charge < -0.3 is 5.32 Å². The van der Waals surface area contributed by atoms with Gasteiger partial charge in [0.1, 0.15) is 0 Å². The molecule has 0 radical (unpaired) electrons. The van der Waals surface area contributed by atoms with E-state index in [1.807, 2.05) is 0 Å². The first kappa shape index (κ1) is 13.4. The molecule has 0 amide bonds. The molecular weight excluding hydrogens is 242 g/mol. The second kappa shape index (κ2) is 5.80. The van der Waals surface area contributed by atoms with Crippen molar-refractivity contribution in [3.8, 4) is 0 Å². The van der Waals surface area contributed by atoms with Gasteiger partial charge in [0.15, 0.2) is 0 Å². The lowest BCUT2D eigenvalue weighted by atomic mass is 9.99. The summed E-state index contributed by atoms with van der Waals surface area (Å²) < 4.78 is 0. The summed E-state index contributed by atoms with van der Waals surface area (Å²) in [6.45, 7) is 5.38. The Morgan fingerprint density at radius 2 is 1.60 bits per heavy atom. The average Bonchev–Trinajstić information content (AvgIpc) is 3.28. The minimum atomic E-state index is 0.509. The number of benzene rings is 2. The molecule has 104 valence electrons. The predicted molar refractivity (Wildman–Crippen MR) is 84.7 cm³/mol. The molecule has 0 spiro atoms. The minimum absolute atomic E-state index is 0.509. The van der Waals surface area contributed by atoms with Crippen molar-refractivity contribution in [3.63, 3.8) is 0 Å². The number of hydrogen-bond acceptors (Lipinski definition) is 1. The van der Waals surface area contributed by atoms with Crippen molar-refractivity contribution in [2.45, 2.75) is 39.3 Å². The molecule has 3 rings (SSSR count). The summed E-state index contributed by atoms with van der Waals surface area (Å²) in [4.78, 5) is 0. The largest absolute Gasteiger partial charge is 0.306 e. The average molecular weight is 265 g/mol. The zero-order valence-electron chi connectivity index (χ0n) is 12.4. The fourth-order valence-corrected chi connectivity index (χ4v) is 2.99. The van der Waals surface area contributed by atoms with E-state index in [0.29, 0.717) is 6.04 Å². The summed E-state index contributed by atoms with van der Waals surface area (Å²) in [5.41, 5.74) is 5.66. The van der Waals surface area contributed by atoms with Crippen molar-refractivity contribution < 1.29 is 0 Å². The quantitative estimate of drug-likeness (QED) is 0.836. The summed E-state index contributed by atoms with van der Waals surface area (Å²) in [7, 11) is 0. The number of aryl methyl sites for hydroxylation is 2. The van der Waals surface area contributed by atoms with Crippen LogP contribution in [0.2, 0.25) is 0 Å². The predicted octanol–water partition coefficient (Wildman–Crippen LogP) is 4.54. The van der Waals surface area contributed by atoms with Gasteiger partial charge in [0.05, 0.1) is 0 Å². The zero-order valence-corrected chi connectivity index (χ0v) is 12.4. The Labute approximate surface area is 122 Å². The lowest BCUT2D eigenvalue weighted by Gasteiger charge is -2.20. The van der Waals surface area contributed by atoms with Crippen LogP contribution < -0.4 is 5.32 Å². The molecule has 0 heterocycles. The van der Waals surface area contributed by atoms with Gasteiger partial charge in [-0.25, -0.2) is 0 Å². The van der Waals surface area contributed by atoms with E-state index in [9.17, 15) is 0 Å². The smallest absolute Gasteiger partial charge is 0.0351 e. The van der Waals surface area contributed by atoms with Gasteiger partial charge in [0, 0.05) is 12.6 Å². The molecule has 0 aliphatic heterocycles. The minimum Gasteiger partial charge on any atom is -0.306 e. The molecule has 0 aromatic heterocycles. The van der Waals surface area contributed by atoms with Crippen molar-refractivity contribution in [3.05, 3.63) is 70.8 Å². The molecule has 1 nitrogen and oxygen atoms in total. The fourth-order valence-electron chi connectivity index (χ4n) is 2.99. The highest BCUT2D eigenvalue weighted by molar-refractivity contribution is 5.33. The van der Waals surface area contributed by atoms with Gasteiger partial charge in [-0.2, -0.15) is 0 Å². The third kappa shape index (κ3) is 2.94. The van der Waals surface area contributed by atoms with Gasteiger partial charge in [0.2, 0.25) is 0 Å². The van der Waals surface area contributed by atoms with Crippen molar-refractivity contribution in [1.82, 2.24) is 5.32 Å². The molecule has 2 aromatic rings. The Kier molecular flexibility index (Phi) is 3.88. The van der Waals surface area contributed by atoms with Crippen LogP contribution in [-0.2, 0) is 6.54 Å². The first-order valence-corrected chi connectivity index (χ1v) is 7.59. The molecule has 1 unspecified atom stereocenters. The summed E-state index contributed by atoms with van der Waals surface area (Å²) >= 11 is 0. The van der Waals surface area contributed by atoms with Gasteiger partial charge in [0.25, 0.3) is 0 Å². The highest BCUT2D eigenvalue weighted by Gasteiger charge is 2.31. The standard InChI is InChI=1S/C19H23N/c1-14-7-6-8-15(2)18(14)13-20-19(17-11-12-17)16-9-4-3-5-10-16/h3-10,17,19-20H,11-13H2,1-2H3. The molecule has 1 aliphatic rings. The van der Waals surface area contributed by atoms with Crippen molar-refractivity contribution in [2.75, 3.05) is 0 Å². The highest BCUT2D eigenvalue weighted by Crippen LogP contribution is 2.41. The second-order valence-corrected chi connectivity index (χ2v) is 5.98. The Morgan fingerprint density at radius 3 is 2.20 bits per heavy atom. The maximum Gasteiger partial charge on any atom is 0.0351 e. The van der Waals surface area contributed by atoms with E-state index in [1.54, 1.807) is 0 Å². The molecule has 1 aliphatic carbocycles. The van der Waals surface area contributed by atoms with E-state index in [0.717, 1.165) is 12.5 Å². The summed E-state index contributed by atoms with van der Waals surface area (Å²) in [6, 6.07) is 18.0. The maximum atomic E-state index is 3.80. The molecule has 0 bridgehead atoms. The molecular formula is C19H23N. The molecule has 1 fully saturated rings. The lowest BCUT2D eigenvalue weighted by Crippen LogP contribution is -2.23. The SMILES string of the molecule is Cc1cccc(C)c1CNC(c1ccccc1)C1CC1. The van der Waals surface area contributed by atoms with Crippen LogP contribution >= 0.6 is 0 Å². The first-order valence-electron chi connectivity index (χ1n) is 7.59. The molecule has 1 atom stereocenters. The fraction of sp³-hybridized carbons (Fsp3) is 0.368. The van der Waals surface area contributed by atoms with Gasteiger partial charge in [-0.1, -0.05) is 48.5 Å². The van der Waals surface area contributed by atoms with Crippen LogP contribution in [0.5, 0.6) is 0 Å². The molecule has 1 N–H and O–H groups in total. The molecule has 1 saturated carbocycles. The Morgan fingerprint density at radius 1 is 0.950 bits per heavy atom. The van der Waals surface area contributed by atoms with Crippen LogP contribution in [0.25, 0.3) is 0 Å². The Balaban J connectivity index is 1.75. The summed E-state index contributed by atoms with van der Waals surface area (Å²) in [5, 5.41) is 3.80. The van der Waals surface area contributed by atoms with E-state index in [-0.39, 0.29) is 0 Å². The number of rotatable bonds is 5. The summed E-state index contributed by atoms with van der Waals surface area (Å²) in [5.74, 6) is 0.821. The van der Waals surface area contributed by atoms with Crippen LogP contribution in [0.4, 0.5) is 0 Å². The summed E-state index contributed by atoms with van der Waals surface area (Å²) in [6.07, 6.45) is 2.72. The third-order valence-electron chi connectivity index (χ3n) is 4.40. The van der Waals surface area contributed by atoms with Crippen molar-refractivity contribution in [1.29, 1.82) is 0 Å². The van der Waals surface area contributed by atoms with Gasteiger partial charge in [-0.05, 0) is 54.9 Å². The maximum absolute atomic E-state index is 3.80. The van der Waals surface area contributed by atoms with E-state index in [1.165, 1.54) is 35.1 Å². The van der Waals surface area contributed by atoms with Gasteiger partial charge in [-0.3, -0.25) is 0 Å². The van der Waals surface area contributed by atoms with Crippen LogP contribution in [-0.4, -0.2) is 0 Å². The number of hydrogen-bond donors (Lipinski definition) is 1. The van der Waals surface area contributed by atoms with Gasteiger partial charge >= 0.3 is 0 Å². The van der Waals surface area contributed by atoms with Crippen LogP contribution in [0.15, 0.2) is 48.5 Å². The lowest BCUT2D eigenvalue weighted by molar-refractivity contribution is 0.479. The molecule has 1 heteroatoms. The van der Waals surface area contributed by atoms with E-state index in [4.69, 9.17) is 0 Å². The zero-order chi connectivity index (χ0) is 13.9. The highest BCUT2D eigenvalue weighted by atomic mass is 14.9. The second-order valence-electron chi connectivity index (χ2n) is 5.98. The number of nitrogens with one attached hydrogen (secondary N) is 1. The Hall–Kier alpha value is -1.60. The molecule has 0 saturated heterocycles. The molecule has 20 heavy (non-hydrogen) atoms. The van der Waals surface area contributed by atoms with Crippen molar-refractivity contribution >= 4 is 0 Å².